The van der Waals surface area contributed by atoms with Crippen LogP contribution in [0.4, 0.5) is 17.1 Å². The number of rotatable bonds is 6. The summed E-state index contributed by atoms with van der Waals surface area (Å²) < 4.78 is 6.01. The largest absolute Gasteiger partial charge is 0.496 e. The summed E-state index contributed by atoms with van der Waals surface area (Å²) in [6.45, 7) is 5.32. The summed E-state index contributed by atoms with van der Waals surface area (Å²) in [5.41, 5.74) is -1.18. The monoisotopic (exact) mass is 385 g/mol. The fourth-order valence-electron chi connectivity index (χ4n) is 2.56. The van der Waals surface area contributed by atoms with E-state index in [1.165, 1.54) is 32.2 Å². The number of hydrogen-bond donors (Lipinski definition) is 1. The number of azo groups is 1. The van der Waals surface area contributed by atoms with Crippen molar-refractivity contribution in [1.29, 1.82) is 5.26 Å². The third-order valence-electron chi connectivity index (χ3n) is 3.95. The van der Waals surface area contributed by atoms with Crippen molar-refractivity contribution in [3.63, 3.8) is 0 Å². The number of nitro benzene ring substituents is 1. The number of nitriles is 1. The van der Waals surface area contributed by atoms with Crippen molar-refractivity contribution in [2.75, 3.05) is 7.11 Å². The first kappa shape index (κ1) is 20.6. The van der Waals surface area contributed by atoms with E-state index in [4.69, 9.17) is 4.74 Å². The van der Waals surface area contributed by atoms with Crippen molar-refractivity contribution in [3.8, 4) is 17.7 Å². The molecule has 10 nitrogen and oxygen atoms in total. The molecule has 0 radical (unpaired) electrons. The maximum absolute atomic E-state index is 12.7. The van der Waals surface area contributed by atoms with Crippen molar-refractivity contribution in [2.45, 2.75) is 27.3 Å². The van der Waals surface area contributed by atoms with Crippen LogP contribution in [-0.2, 0) is 6.54 Å². The Hall–Kier alpha value is -3.74. The van der Waals surface area contributed by atoms with Gasteiger partial charge in [-0.25, -0.2) is 0 Å². The Morgan fingerprint density at radius 2 is 2.07 bits per heavy atom. The normalized spacial score (nSPS) is 11.0. The van der Waals surface area contributed by atoms with Crippen LogP contribution in [0.25, 0.3) is 0 Å². The maximum Gasteiger partial charge on any atom is 0.300 e. The Bertz CT molecular complexity index is 1050. The molecule has 1 heterocycles. The molecule has 0 spiro atoms. The predicted octanol–water partition coefficient (Wildman–Crippen LogP) is 3.72. The molecule has 0 amide bonds. The molecule has 2 rings (SSSR count). The lowest BCUT2D eigenvalue weighted by molar-refractivity contribution is -0.384. The van der Waals surface area contributed by atoms with Gasteiger partial charge in [-0.2, -0.15) is 5.26 Å². The Balaban J connectivity index is 2.66. The summed E-state index contributed by atoms with van der Waals surface area (Å²) in [6, 6.07) is 5.86. The third-order valence-corrected chi connectivity index (χ3v) is 3.95. The lowest BCUT2D eigenvalue weighted by Crippen LogP contribution is -2.24. The molecule has 0 atom stereocenters. The Kier molecular flexibility index (Phi) is 6.10. The number of methoxy groups -OCH3 is 1. The fraction of sp³-hybridized carbons (Fsp3) is 0.333. The van der Waals surface area contributed by atoms with Crippen molar-refractivity contribution < 1.29 is 14.8 Å². The van der Waals surface area contributed by atoms with E-state index in [1.807, 2.05) is 19.9 Å². The molecule has 1 aromatic heterocycles. The molecule has 146 valence electrons. The zero-order valence-electron chi connectivity index (χ0n) is 15.8. The Morgan fingerprint density at radius 3 is 2.61 bits per heavy atom. The molecule has 2 aromatic rings. The van der Waals surface area contributed by atoms with E-state index in [0.29, 0.717) is 0 Å². The van der Waals surface area contributed by atoms with Crippen molar-refractivity contribution in [2.24, 2.45) is 16.1 Å². The van der Waals surface area contributed by atoms with E-state index in [9.17, 15) is 25.3 Å². The molecule has 1 aromatic carbocycles. The molecular weight excluding hydrogens is 366 g/mol. The van der Waals surface area contributed by atoms with Gasteiger partial charge in [0, 0.05) is 12.1 Å². The number of nitro groups is 1. The van der Waals surface area contributed by atoms with Gasteiger partial charge in [-0.1, -0.05) is 13.8 Å². The highest BCUT2D eigenvalue weighted by Crippen LogP contribution is 2.33. The van der Waals surface area contributed by atoms with E-state index in [0.717, 1.165) is 4.57 Å². The lowest BCUT2D eigenvalue weighted by Gasteiger charge is -2.14. The first-order valence-corrected chi connectivity index (χ1v) is 8.31. The van der Waals surface area contributed by atoms with E-state index in [-0.39, 0.29) is 46.4 Å². The minimum atomic E-state index is -0.641. The highest BCUT2D eigenvalue weighted by atomic mass is 16.6. The van der Waals surface area contributed by atoms with Crippen LogP contribution in [0.2, 0.25) is 0 Å². The zero-order valence-corrected chi connectivity index (χ0v) is 15.8. The summed E-state index contributed by atoms with van der Waals surface area (Å²) in [4.78, 5) is 23.4. The van der Waals surface area contributed by atoms with Gasteiger partial charge in [-0.05, 0) is 25.0 Å². The number of hydrogen-bond acceptors (Lipinski definition) is 8. The van der Waals surface area contributed by atoms with Crippen LogP contribution in [0, 0.1) is 34.3 Å². The second kappa shape index (κ2) is 8.30. The van der Waals surface area contributed by atoms with Crippen LogP contribution in [0.3, 0.4) is 0 Å². The minimum absolute atomic E-state index is 0.0188. The summed E-state index contributed by atoms with van der Waals surface area (Å²) in [6.07, 6.45) is 0. The summed E-state index contributed by atoms with van der Waals surface area (Å²) in [5, 5.41) is 38.6. The van der Waals surface area contributed by atoms with Crippen LogP contribution in [-0.4, -0.2) is 21.7 Å². The average molecular weight is 385 g/mol. The molecule has 0 aliphatic carbocycles. The number of nitrogens with zero attached hydrogens (tertiary/aromatic N) is 5. The second-order valence-electron chi connectivity index (χ2n) is 6.41. The standard InChI is InChI=1S/C18H19N5O5/c1-10(2)9-22-17(24)13(8-19)11(3)16(18(22)25)21-20-14-6-5-12(28-4)7-15(14)23(26)27/h5-7,10,24H,9H2,1-4H3. The number of benzene rings is 1. The highest BCUT2D eigenvalue weighted by Gasteiger charge is 2.20. The molecule has 0 saturated heterocycles. The smallest absolute Gasteiger partial charge is 0.300 e. The fourth-order valence-corrected chi connectivity index (χ4v) is 2.56. The number of pyridine rings is 1. The summed E-state index contributed by atoms with van der Waals surface area (Å²) >= 11 is 0. The molecule has 0 aliphatic heterocycles. The molecule has 0 unspecified atom stereocenters. The first-order chi connectivity index (χ1) is 13.2. The quantitative estimate of drug-likeness (QED) is 0.456. The minimum Gasteiger partial charge on any atom is -0.496 e. The molecule has 1 N–H and O–H groups in total. The van der Waals surface area contributed by atoms with Crippen LogP contribution >= 0.6 is 0 Å². The van der Waals surface area contributed by atoms with Crippen molar-refractivity contribution >= 4 is 17.1 Å². The molecular formula is C18H19N5O5. The maximum atomic E-state index is 12.7. The van der Waals surface area contributed by atoms with Gasteiger partial charge in [-0.15, -0.1) is 10.2 Å². The van der Waals surface area contributed by atoms with Crippen LogP contribution in [0.5, 0.6) is 11.6 Å². The van der Waals surface area contributed by atoms with Crippen LogP contribution < -0.4 is 10.3 Å². The number of ether oxygens (including phenoxy) is 1. The molecule has 0 bridgehead atoms. The molecule has 0 aliphatic rings. The van der Waals surface area contributed by atoms with Gasteiger partial charge in [0.05, 0.1) is 18.1 Å². The Labute approximate surface area is 160 Å². The van der Waals surface area contributed by atoms with Gasteiger partial charge < -0.3 is 9.84 Å². The van der Waals surface area contributed by atoms with E-state index >= 15 is 0 Å². The zero-order chi connectivity index (χ0) is 21.0. The molecule has 28 heavy (non-hydrogen) atoms. The highest BCUT2D eigenvalue weighted by molar-refractivity contribution is 5.61. The van der Waals surface area contributed by atoms with E-state index in [1.54, 1.807) is 0 Å². The van der Waals surface area contributed by atoms with Gasteiger partial charge in [0.25, 0.3) is 11.2 Å². The van der Waals surface area contributed by atoms with Gasteiger partial charge in [0.1, 0.15) is 17.4 Å². The number of aromatic nitrogens is 1. The molecule has 0 saturated carbocycles. The topological polar surface area (TPSA) is 143 Å². The summed E-state index contributed by atoms with van der Waals surface area (Å²) in [5.74, 6) is -0.143. The SMILES string of the molecule is COc1ccc(N=Nc2c(C)c(C#N)c(O)n(CC(C)C)c2=O)c([N+](=O)[O-])c1. The molecule has 0 fully saturated rings. The number of aromatic hydroxyl groups is 1. The van der Waals surface area contributed by atoms with Crippen molar-refractivity contribution in [3.05, 3.63) is 49.8 Å². The predicted molar refractivity (Wildman–Crippen MR) is 100 cm³/mol. The van der Waals surface area contributed by atoms with Gasteiger partial charge in [-0.3, -0.25) is 19.5 Å². The van der Waals surface area contributed by atoms with E-state index < -0.39 is 16.4 Å². The first-order valence-electron chi connectivity index (χ1n) is 8.31. The van der Waals surface area contributed by atoms with Gasteiger partial charge in [0.15, 0.2) is 11.4 Å². The van der Waals surface area contributed by atoms with Gasteiger partial charge in [0.2, 0.25) is 5.88 Å². The average Bonchev–Trinajstić information content (AvgIpc) is 2.65. The Morgan fingerprint density at radius 1 is 1.39 bits per heavy atom. The second-order valence-corrected chi connectivity index (χ2v) is 6.41. The van der Waals surface area contributed by atoms with Crippen LogP contribution in [0.1, 0.15) is 25.0 Å². The van der Waals surface area contributed by atoms with Gasteiger partial charge >= 0.3 is 0 Å². The third kappa shape index (κ3) is 3.98. The molecule has 10 heteroatoms. The van der Waals surface area contributed by atoms with Crippen molar-refractivity contribution in [1.82, 2.24) is 4.57 Å². The summed E-state index contributed by atoms with van der Waals surface area (Å²) in [7, 11) is 1.38. The van der Waals surface area contributed by atoms with Crippen LogP contribution in [0.15, 0.2) is 33.2 Å². The lowest BCUT2D eigenvalue weighted by atomic mass is 10.1. The van der Waals surface area contributed by atoms with E-state index in [2.05, 4.69) is 10.2 Å².